The molecular formula is C13H21NO3. The molecule has 1 rings (SSSR count). The van der Waals surface area contributed by atoms with E-state index in [0.29, 0.717) is 36.5 Å². The molecule has 1 atom stereocenters. The van der Waals surface area contributed by atoms with Gasteiger partial charge in [-0.2, -0.15) is 0 Å². The maximum absolute atomic E-state index is 11.9. The molecule has 1 aliphatic carbocycles. The Labute approximate surface area is 102 Å². The highest BCUT2D eigenvalue weighted by molar-refractivity contribution is 6.02. The van der Waals surface area contributed by atoms with Crippen LogP contribution in [0, 0.1) is 5.92 Å². The van der Waals surface area contributed by atoms with Crippen molar-refractivity contribution in [2.24, 2.45) is 5.92 Å². The number of nitrogens with one attached hydrogen (secondary N) is 1. The summed E-state index contributed by atoms with van der Waals surface area (Å²) in [6, 6.07) is 0. The maximum Gasteiger partial charge on any atom is 0.332 e. The third-order valence-corrected chi connectivity index (χ3v) is 3.31. The van der Waals surface area contributed by atoms with Crippen molar-refractivity contribution in [2.45, 2.75) is 46.0 Å². The van der Waals surface area contributed by atoms with Crippen LogP contribution in [0.3, 0.4) is 0 Å². The fraction of sp³-hybridized carbons (Fsp3) is 0.692. The topological polar surface area (TPSA) is 66.4 Å². The van der Waals surface area contributed by atoms with Crippen LogP contribution in [-0.2, 0) is 9.59 Å². The van der Waals surface area contributed by atoms with Gasteiger partial charge in [0.2, 0.25) is 5.91 Å². The van der Waals surface area contributed by atoms with Crippen molar-refractivity contribution in [3.63, 3.8) is 0 Å². The summed E-state index contributed by atoms with van der Waals surface area (Å²) in [6.45, 7) is 4.75. The third-order valence-electron chi connectivity index (χ3n) is 3.31. The molecule has 1 amide bonds. The van der Waals surface area contributed by atoms with E-state index in [1.54, 1.807) is 0 Å². The zero-order chi connectivity index (χ0) is 12.8. The summed E-state index contributed by atoms with van der Waals surface area (Å²) in [5.74, 6) is -0.711. The van der Waals surface area contributed by atoms with Crippen LogP contribution in [-0.4, -0.2) is 23.5 Å². The first kappa shape index (κ1) is 13.7. The molecule has 1 unspecified atom stereocenters. The Bertz CT molecular complexity index is 334. The third kappa shape index (κ3) is 3.88. The maximum atomic E-state index is 11.9. The average molecular weight is 239 g/mol. The molecule has 4 nitrogen and oxygen atoms in total. The summed E-state index contributed by atoms with van der Waals surface area (Å²) in [5.41, 5.74) is 0.782. The molecule has 0 aliphatic heterocycles. The Hall–Kier alpha value is -1.32. The molecule has 0 radical (unpaired) electrons. The van der Waals surface area contributed by atoms with Gasteiger partial charge < -0.3 is 10.4 Å². The minimum atomic E-state index is -0.946. The van der Waals surface area contributed by atoms with Gasteiger partial charge in [-0.3, -0.25) is 4.79 Å². The zero-order valence-corrected chi connectivity index (χ0v) is 10.6. The number of carbonyl (C=O) groups is 2. The van der Waals surface area contributed by atoms with Crippen molar-refractivity contribution >= 4 is 11.9 Å². The fourth-order valence-corrected chi connectivity index (χ4v) is 1.91. The molecule has 0 bridgehead atoms. The van der Waals surface area contributed by atoms with Gasteiger partial charge in [0, 0.05) is 17.7 Å². The molecule has 4 heteroatoms. The molecular weight excluding hydrogens is 218 g/mol. The molecule has 2 N–H and O–H groups in total. The van der Waals surface area contributed by atoms with Crippen LogP contribution in [0.4, 0.5) is 0 Å². The van der Waals surface area contributed by atoms with Gasteiger partial charge in [0.1, 0.15) is 0 Å². The molecule has 1 aliphatic rings. The van der Waals surface area contributed by atoms with E-state index in [1.165, 1.54) is 0 Å². The van der Waals surface area contributed by atoms with Crippen molar-refractivity contribution in [3.8, 4) is 0 Å². The smallest absolute Gasteiger partial charge is 0.332 e. The second kappa shape index (κ2) is 6.42. The molecule has 0 spiro atoms. The molecule has 0 saturated carbocycles. The number of rotatable bonds is 5. The van der Waals surface area contributed by atoms with Crippen LogP contribution in [0.1, 0.15) is 46.0 Å². The second-order valence-corrected chi connectivity index (χ2v) is 4.69. The Kier molecular flexibility index (Phi) is 5.19. The summed E-state index contributed by atoms with van der Waals surface area (Å²) < 4.78 is 0. The van der Waals surface area contributed by atoms with E-state index >= 15 is 0 Å². The van der Waals surface area contributed by atoms with Gasteiger partial charge in [-0.05, 0) is 31.6 Å². The molecule has 0 fully saturated rings. The molecule has 17 heavy (non-hydrogen) atoms. The summed E-state index contributed by atoms with van der Waals surface area (Å²) in [6.07, 6.45) is 3.88. The van der Waals surface area contributed by atoms with Crippen LogP contribution in [0.25, 0.3) is 0 Å². The highest BCUT2D eigenvalue weighted by Gasteiger charge is 2.23. The second-order valence-electron chi connectivity index (χ2n) is 4.69. The lowest BCUT2D eigenvalue weighted by Crippen LogP contribution is -2.31. The number of hydrogen-bond acceptors (Lipinski definition) is 2. The van der Waals surface area contributed by atoms with E-state index in [2.05, 4.69) is 19.2 Å². The highest BCUT2D eigenvalue weighted by atomic mass is 16.4. The summed E-state index contributed by atoms with van der Waals surface area (Å²) in [5, 5.41) is 11.9. The van der Waals surface area contributed by atoms with Crippen molar-refractivity contribution in [1.82, 2.24) is 5.32 Å². The van der Waals surface area contributed by atoms with E-state index in [-0.39, 0.29) is 5.91 Å². The lowest BCUT2D eigenvalue weighted by Gasteiger charge is -2.18. The standard InChI is InChI=1S/C13H21NO3/c1-3-9(2)8-14-12(15)10-6-4-5-7-11(10)13(16)17/h9H,3-8H2,1-2H3,(H,14,15)(H,16,17). The van der Waals surface area contributed by atoms with E-state index in [4.69, 9.17) is 5.11 Å². The Morgan fingerprint density at radius 1 is 1.29 bits per heavy atom. The number of amides is 1. The first-order valence-corrected chi connectivity index (χ1v) is 6.29. The summed E-state index contributed by atoms with van der Waals surface area (Å²) >= 11 is 0. The van der Waals surface area contributed by atoms with Crippen LogP contribution in [0.15, 0.2) is 11.1 Å². The van der Waals surface area contributed by atoms with E-state index in [9.17, 15) is 9.59 Å². The van der Waals surface area contributed by atoms with E-state index in [1.807, 2.05) is 0 Å². The zero-order valence-electron chi connectivity index (χ0n) is 10.6. The van der Waals surface area contributed by atoms with Crippen molar-refractivity contribution in [2.75, 3.05) is 6.54 Å². The number of carboxylic acids is 1. The lowest BCUT2D eigenvalue weighted by atomic mass is 9.91. The van der Waals surface area contributed by atoms with Gasteiger partial charge >= 0.3 is 5.97 Å². The van der Waals surface area contributed by atoms with Gasteiger partial charge in [0.25, 0.3) is 0 Å². The Morgan fingerprint density at radius 3 is 2.41 bits per heavy atom. The largest absolute Gasteiger partial charge is 0.478 e. The minimum absolute atomic E-state index is 0.192. The van der Waals surface area contributed by atoms with Crippen molar-refractivity contribution in [3.05, 3.63) is 11.1 Å². The normalized spacial score (nSPS) is 17.8. The Balaban J connectivity index is 2.68. The van der Waals surface area contributed by atoms with Crippen LogP contribution in [0.2, 0.25) is 0 Å². The average Bonchev–Trinajstić information content (AvgIpc) is 2.35. The van der Waals surface area contributed by atoms with E-state index < -0.39 is 5.97 Å². The fourth-order valence-electron chi connectivity index (χ4n) is 1.91. The van der Waals surface area contributed by atoms with Crippen LogP contribution < -0.4 is 5.32 Å². The lowest BCUT2D eigenvalue weighted by molar-refractivity contribution is -0.133. The van der Waals surface area contributed by atoms with Gasteiger partial charge in [0.05, 0.1) is 0 Å². The highest BCUT2D eigenvalue weighted by Crippen LogP contribution is 2.25. The summed E-state index contributed by atoms with van der Waals surface area (Å²) in [7, 11) is 0. The number of hydrogen-bond donors (Lipinski definition) is 2. The Morgan fingerprint density at radius 2 is 1.88 bits per heavy atom. The van der Waals surface area contributed by atoms with E-state index in [0.717, 1.165) is 19.3 Å². The van der Waals surface area contributed by atoms with Crippen molar-refractivity contribution in [1.29, 1.82) is 0 Å². The first-order chi connectivity index (χ1) is 8.06. The molecule has 96 valence electrons. The molecule has 0 aromatic heterocycles. The predicted molar refractivity (Wildman–Crippen MR) is 65.6 cm³/mol. The SMILES string of the molecule is CCC(C)CNC(=O)C1=C(C(=O)O)CCCC1. The predicted octanol–water partition coefficient (Wildman–Crippen LogP) is 2.10. The van der Waals surface area contributed by atoms with Gasteiger partial charge in [-0.25, -0.2) is 4.79 Å². The van der Waals surface area contributed by atoms with Gasteiger partial charge in [-0.15, -0.1) is 0 Å². The van der Waals surface area contributed by atoms with Crippen LogP contribution in [0.5, 0.6) is 0 Å². The van der Waals surface area contributed by atoms with Crippen molar-refractivity contribution < 1.29 is 14.7 Å². The molecule has 0 saturated heterocycles. The first-order valence-electron chi connectivity index (χ1n) is 6.29. The quantitative estimate of drug-likeness (QED) is 0.772. The molecule has 0 aromatic rings. The van der Waals surface area contributed by atoms with Gasteiger partial charge in [0.15, 0.2) is 0 Å². The minimum Gasteiger partial charge on any atom is -0.478 e. The van der Waals surface area contributed by atoms with Crippen LogP contribution >= 0.6 is 0 Å². The number of aliphatic carboxylic acids is 1. The molecule has 0 aromatic carbocycles. The number of carboxylic acid groups (broad SMARTS) is 1. The summed E-state index contributed by atoms with van der Waals surface area (Å²) in [4.78, 5) is 22.9. The monoisotopic (exact) mass is 239 g/mol. The van der Waals surface area contributed by atoms with Gasteiger partial charge in [-0.1, -0.05) is 20.3 Å². The molecule has 0 heterocycles. The number of carbonyl (C=O) groups excluding carboxylic acids is 1.